The van der Waals surface area contributed by atoms with Gasteiger partial charge in [-0.1, -0.05) is 59.3 Å². The molecule has 7 heteroatoms. The first kappa shape index (κ1) is 17.6. The highest BCUT2D eigenvalue weighted by atomic mass is 32.2. The molecule has 1 aromatic heterocycles. The molecule has 3 aromatic rings. The molecule has 2 heterocycles. The molecule has 0 radical (unpaired) electrons. The van der Waals surface area contributed by atoms with Crippen LogP contribution in [0.3, 0.4) is 0 Å². The molecular weight excluding hydrogens is 360 g/mol. The first-order chi connectivity index (χ1) is 13.0. The molecule has 0 fully saturated rings. The maximum absolute atomic E-state index is 13.2. The zero-order valence-electron chi connectivity index (χ0n) is 15.0. The SMILES string of the molecule is Cc1ccc(S(=O)(=O)N2C/C(=C\c3ccccc3)Cn3nncc3C2)cc1. The normalized spacial score (nSPS) is 16.9. The number of benzene rings is 2. The topological polar surface area (TPSA) is 68.1 Å². The van der Waals surface area contributed by atoms with Crippen LogP contribution in [0.1, 0.15) is 16.8 Å². The Morgan fingerprint density at radius 3 is 2.44 bits per heavy atom. The number of hydrogen-bond acceptors (Lipinski definition) is 4. The number of aromatic nitrogens is 3. The number of rotatable bonds is 3. The van der Waals surface area contributed by atoms with Gasteiger partial charge in [0.25, 0.3) is 0 Å². The van der Waals surface area contributed by atoms with Crippen LogP contribution in [0.15, 0.2) is 71.3 Å². The van der Waals surface area contributed by atoms with Crippen LogP contribution in [0.5, 0.6) is 0 Å². The molecule has 2 aromatic carbocycles. The van der Waals surface area contributed by atoms with Crippen LogP contribution in [0.25, 0.3) is 6.08 Å². The van der Waals surface area contributed by atoms with E-state index in [1.165, 1.54) is 4.31 Å². The van der Waals surface area contributed by atoms with Crippen molar-refractivity contribution < 1.29 is 8.42 Å². The molecule has 0 saturated carbocycles. The summed E-state index contributed by atoms with van der Waals surface area (Å²) in [5, 5.41) is 8.07. The number of aryl methyl sites for hydroxylation is 1. The van der Waals surface area contributed by atoms with Gasteiger partial charge in [0.1, 0.15) is 0 Å². The zero-order chi connectivity index (χ0) is 18.9. The second-order valence-corrected chi connectivity index (χ2v) is 8.62. The van der Waals surface area contributed by atoms with Gasteiger partial charge in [0, 0.05) is 6.54 Å². The van der Waals surface area contributed by atoms with Crippen LogP contribution in [0.4, 0.5) is 0 Å². The molecule has 0 spiro atoms. The van der Waals surface area contributed by atoms with Crippen molar-refractivity contribution in [2.45, 2.75) is 24.9 Å². The molecule has 0 N–H and O–H groups in total. The highest BCUT2D eigenvalue weighted by Gasteiger charge is 2.29. The molecule has 1 aliphatic heterocycles. The van der Waals surface area contributed by atoms with Gasteiger partial charge in [0.2, 0.25) is 10.0 Å². The molecule has 0 bridgehead atoms. The zero-order valence-corrected chi connectivity index (χ0v) is 15.8. The van der Waals surface area contributed by atoms with Gasteiger partial charge in [0.15, 0.2) is 0 Å². The average molecular weight is 380 g/mol. The summed E-state index contributed by atoms with van der Waals surface area (Å²) < 4.78 is 29.7. The predicted octanol–water partition coefficient (Wildman–Crippen LogP) is 2.87. The van der Waals surface area contributed by atoms with Crippen LogP contribution in [0, 0.1) is 6.92 Å². The Bertz CT molecular complexity index is 1070. The smallest absolute Gasteiger partial charge is 0.243 e. The van der Waals surface area contributed by atoms with Crippen molar-refractivity contribution in [3.05, 3.63) is 83.2 Å². The molecule has 27 heavy (non-hydrogen) atoms. The van der Waals surface area contributed by atoms with E-state index in [-0.39, 0.29) is 6.54 Å². The van der Waals surface area contributed by atoms with E-state index in [4.69, 9.17) is 0 Å². The Kier molecular flexibility index (Phi) is 4.63. The molecule has 0 aliphatic carbocycles. The van der Waals surface area contributed by atoms with Gasteiger partial charge in [0.05, 0.1) is 29.9 Å². The van der Waals surface area contributed by atoms with Crippen LogP contribution in [-0.4, -0.2) is 34.3 Å². The van der Waals surface area contributed by atoms with Gasteiger partial charge < -0.3 is 0 Å². The number of hydrogen-bond donors (Lipinski definition) is 0. The van der Waals surface area contributed by atoms with E-state index in [1.54, 1.807) is 23.0 Å². The Hall–Kier alpha value is -2.77. The first-order valence-corrected chi connectivity index (χ1v) is 10.1. The van der Waals surface area contributed by atoms with Gasteiger partial charge in [-0.15, -0.1) is 5.10 Å². The maximum Gasteiger partial charge on any atom is 0.243 e. The van der Waals surface area contributed by atoms with Gasteiger partial charge in [-0.05, 0) is 30.2 Å². The van der Waals surface area contributed by atoms with E-state index in [0.717, 1.165) is 22.4 Å². The summed E-state index contributed by atoms with van der Waals surface area (Å²) in [4.78, 5) is 0.299. The van der Waals surface area contributed by atoms with Crippen LogP contribution >= 0.6 is 0 Å². The molecule has 0 unspecified atom stereocenters. The van der Waals surface area contributed by atoms with Crippen molar-refractivity contribution in [2.75, 3.05) is 6.54 Å². The van der Waals surface area contributed by atoms with E-state index in [2.05, 4.69) is 10.3 Å². The quantitative estimate of drug-likeness (QED) is 0.701. The third-order valence-corrected chi connectivity index (χ3v) is 6.40. The van der Waals surface area contributed by atoms with E-state index in [0.29, 0.717) is 18.0 Å². The average Bonchev–Trinajstić information content (AvgIpc) is 3.01. The first-order valence-electron chi connectivity index (χ1n) is 8.71. The summed E-state index contributed by atoms with van der Waals surface area (Å²) in [6.45, 7) is 3.02. The van der Waals surface area contributed by atoms with E-state index in [1.807, 2.05) is 55.5 Å². The highest BCUT2D eigenvalue weighted by Crippen LogP contribution is 2.24. The molecule has 6 nitrogen and oxygen atoms in total. The third-order valence-electron chi connectivity index (χ3n) is 4.60. The standard InChI is InChI=1S/C20H20N4O2S/c1-16-7-9-20(10-8-16)27(25,26)23-13-18(11-17-5-3-2-4-6-17)14-24-19(15-23)12-21-22-24/h2-12H,13-15H2,1H3/b18-11+. The van der Waals surface area contributed by atoms with Gasteiger partial charge in [-0.2, -0.15) is 4.31 Å². The lowest BCUT2D eigenvalue weighted by Crippen LogP contribution is -2.31. The predicted molar refractivity (Wildman–Crippen MR) is 103 cm³/mol. The summed E-state index contributed by atoms with van der Waals surface area (Å²) >= 11 is 0. The summed E-state index contributed by atoms with van der Waals surface area (Å²) in [6, 6.07) is 16.8. The molecular formula is C20H20N4O2S. The molecule has 0 atom stereocenters. The van der Waals surface area contributed by atoms with Crippen molar-refractivity contribution in [3.8, 4) is 0 Å². The minimum Gasteiger partial charge on any atom is -0.244 e. The van der Waals surface area contributed by atoms with Gasteiger partial charge in [-0.25, -0.2) is 13.1 Å². The van der Waals surface area contributed by atoms with E-state index < -0.39 is 10.0 Å². The van der Waals surface area contributed by atoms with Crippen LogP contribution in [0.2, 0.25) is 0 Å². The number of sulfonamides is 1. The minimum atomic E-state index is -3.62. The molecule has 0 saturated heterocycles. The minimum absolute atomic E-state index is 0.245. The van der Waals surface area contributed by atoms with Crippen molar-refractivity contribution in [2.24, 2.45) is 0 Å². The fourth-order valence-corrected chi connectivity index (χ4v) is 4.56. The summed E-state index contributed by atoms with van der Waals surface area (Å²) in [5.41, 5.74) is 3.80. The Labute approximate surface area is 158 Å². The van der Waals surface area contributed by atoms with Crippen molar-refractivity contribution in [3.63, 3.8) is 0 Å². The molecule has 138 valence electrons. The number of nitrogens with zero attached hydrogens (tertiary/aromatic N) is 4. The lowest BCUT2D eigenvalue weighted by Gasteiger charge is -2.20. The molecule has 0 amide bonds. The lowest BCUT2D eigenvalue weighted by atomic mass is 10.1. The number of fused-ring (bicyclic) bond motifs is 1. The lowest BCUT2D eigenvalue weighted by molar-refractivity contribution is 0.433. The Balaban J connectivity index is 1.74. The molecule has 4 rings (SSSR count). The second kappa shape index (κ2) is 7.09. The highest BCUT2D eigenvalue weighted by molar-refractivity contribution is 7.89. The van der Waals surface area contributed by atoms with Crippen molar-refractivity contribution in [1.29, 1.82) is 0 Å². The van der Waals surface area contributed by atoms with Crippen molar-refractivity contribution in [1.82, 2.24) is 19.3 Å². The third kappa shape index (κ3) is 3.70. The van der Waals surface area contributed by atoms with Crippen LogP contribution in [-0.2, 0) is 23.1 Å². The van der Waals surface area contributed by atoms with E-state index in [9.17, 15) is 8.42 Å². The largest absolute Gasteiger partial charge is 0.244 e. The summed E-state index contributed by atoms with van der Waals surface area (Å²) in [7, 11) is -3.62. The fourth-order valence-electron chi connectivity index (χ4n) is 3.15. The second-order valence-electron chi connectivity index (χ2n) is 6.68. The van der Waals surface area contributed by atoms with E-state index >= 15 is 0 Å². The Morgan fingerprint density at radius 2 is 1.70 bits per heavy atom. The van der Waals surface area contributed by atoms with Gasteiger partial charge in [-0.3, -0.25) is 0 Å². The maximum atomic E-state index is 13.2. The van der Waals surface area contributed by atoms with Gasteiger partial charge >= 0.3 is 0 Å². The fraction of sp³-hybridized carbons (Fsp3) is 0.200. The molecule has 1 aliphatic rings. The Morgan fingerprint density at radius 1 is 0.963 bits per heavy atom. The summed E-state index contributed by atoms with van der Waals surface area (Å²) in [6.07, 6.45) is 3.65. The van der Waals surface area contributed by atoms with Crippen molar-refractivity contribution >= 4 is 16.1 Å². The van der Waals surface area contributed by atoms with Crippen LogP contribution < -0.4 is 0 Å². The summed E-state index contributed by atoms with van der Waals surface area (Å²) in [5.74, 6) is 0. The monoisotopic (exact) mass is 380 g/mol.